The van der Waals surface area contributed by atoms with Crippen LogP contribution in [0.4, 0.5) is 22.0 Å². The van der Waals surface area contributed by atoms with Crippen LogP contribution in [0.25, 0.3) is 22.0 Å². The Labute approximate surface area is 307 Å². The lowest BCUT2D eigenvalue weighted by Crippen LogP contribution is -2.48. The van der Waals surface area contributed by atoms with Gasteiger partial charge in [0.2, 0.25) is 6.43 Å². The largest absolute Gasteiger partial charge is 0.493 e. The van der Waals surface area contributed by atoms with Crippen LogP contribution in [-0.2, 0) is 18.4 Å². The highest BCUT2D eigenvalue weighted by molar-refractivity contribution is 5.79. The zero-order valence-corrected chi connectivity index (χ0v) is 30.0. The lowest BCUT2D eigenvalue weighted by molar-refractivity contribution is -0.118. The fraction of sp³-hybridized carbons (Fsp3) is 0.386. The van der Waals surface area contributed by atoms with E-state index in [0.717, 1.165) is 54.4 Å². The van der Waals surface area contributed by atoms with Crippen molar-refractivity contribution in [2.45, 2.75) is 102 Å². The Hall–Kier alpha value is -4.50. The van der Waals surface area contributed by atoms with Gasteiger partial charge in [-0.1, -0.05) is 93.6 Å². The third-order valence-electron chi connectivity index (χ3n) is 10.7. The van der Waals surface area contributed by atoms with Crippen LogP contribution in [0, 0.1) is 5.82 Å². The third-order valence-corrected chi connectivity index (χ3v) is 10.7. The average molecular weight is 732 g/mol. The molecule has 1 heterocycles. The summed E-state index contributed by atoms with van der Waals surface area (Å²) >= 11 is 0. The van der Waals surface area contributed by atoms with Crippen molar-refractivity contribution in [3.05, 3.63) is 135 Å². The number of aliphatic hydroxyl groups is 1. The number of alkyl halides is 4. The fourth-order valence-electron chi connectivity index (χ4n) is 8.04. The maximum atomic E-state index is 15.5. The second kappa shape index (κ2) is 16.7. The van der Waals surface area contributed by atoms with E-state index in [-0.39, 0.29) is 11.8 Å². The number of aromatic nitrogens is 1. The monoisotopic (exact) mass is 731 g/mol. The Morgan fingerprint density at radius 2 is 1.49 bits per heavy atom. The Morgan fingerprint density at radius 3 is 2.26 bits per heavy atom. The van der Waals surface area contributed by atoms with E-state index in [1.54, 1.807) is 31.2 Å². The average Bonchev–Trinajstić information content (AvgIpc) is 3.53. The Bertz CT molecular complexity index is 2080. The summed E-state index contributed by atoms with van der Waals surface area (Å²) < 4.78 is 78.9. The number of hydrogen-bond acceptors (Lipinski definition) is 3. The summed E-state index contributed by atoms with van der Waals surface area (Å²) in [4.78, 5) is 12.6. The van der Waals surface area contributed by atoms with E-state index in [4.69, 9.17) is 4.74 Å². The second-order valence-corrected chi connectivity index (χ2v) is 14.5. The summed E-state index contributed by atoms with van der Waals surface area (Å²) in [5.41, 5.74) is 1.22. The number of benzene rings is 4. The normalized spacial score (nSPS) is 14.7. The molecular formula is C44H46F5NO3. The summed E-state index contributed by atoms with van der Waals surface area (Å²) in [5.74, 6) is -0.215. The minimum Gasteiger partial charge on any atom is -0.493 e. The van der Waals surface area contributed by atoms with E-state index in [1.807, 2.05) is 42.5 Å². The summed E-state index contributed by atoms with van der Waals surface area (Å²) in [5, 5.41) is 12.5. The van der Waals surface area contributed by atoms with Gasteiger partial charge >= 0.3 is 0 Å². The van der Waals surface area contributed by atoms with Gasteiger partial charge in [0.25, 0.3) is 6.43 Å². The number of rotatable bonds is 18. The van der Waals surface area contributed by atoms with Crippen LogP contribution in [0.2, 0.25) is 0 Å². The molecular weight excluding hydrogens is 685 g/mol. The first kappa shape index (κ1) is 38.2. The fourth-order valence-corrected chi connectivity index (χ4v) is 8.04. The minimum absolute atomic E-state index is 0.0650. The highest BCUT2D eigenvalue weighted by atomic mass is 19.3. The number of para-hydroxylation sites is 1. The van der Waals surface area contributed by atoms with Crippen molar-refractivity contribution >= 4 is 10.9 Å². The molecule has 6 rings (SSSR count). The molecule has 0 saturated heterocycles. The number of unbranched alkanes of at least 4 members (excludes halogenated alkanes) is 6. The van der Waals surface area contributed by atoms with Crippen molar-refractivity contribution in [3.63, 3.8) is 0 Å². The van der Waals surface area contributed by atoms with Crippen LogP contribution >= 0.6 is 0 Å². The SMILES string of the molecule is CC(CC(O)(Cn1ccc(=O)c2ccccc21)C(F)F)(c1cc(F)ccc1OCCCCCCCCCC(F)F)c1cccc2c1Cc1ccccc1-2. The summed E-state index contributed by atoms with van der Waals surface area (Å²) in [6.45, 7) is 1.56. The molecule has 280 valence electrons. The molecule has 2 unspecified atom stereocenters. The highest BCUT2D eigenvalue weighted by Gasteiger charge is 2.48. The molecule has 0 aliphatic heterocycles. The van der Waals surface area contributed by atoms with Crippen LogP contribution in [-0.4, -0.2) is 34.7 Å². The molecule has 0 bridgehead atoms. The van der Waals surface area contributed by atoms with Crippen molar-refractivity contribution in [1.82, 2.24) is 4.57 Å². The predicted octanol–water partition coefficient (Wildman–Crippen LogP) is 10.9. The van der Waals surface area contributed by atoms with E-state index >= 15 is 13.2 Å². The predicted molar refractivity (Wildman–Crippen MR) is 200 cm³/mol. The van der Waals surface area contributed by atoms with Crippen molar-refractivity contribution in [2.75, 3.05) is 6.61 Å². The van der Waals surface area contributed by atoms with Gasteiger partial charge in [0.05, 0.1) is 18.7 Å². The molecule has 4 nitrogen and oxygen atoms in total. The molecule has 53 heavy (non-hydrogen) atoms. The summed E-state index contributed by atoms with van der Waals surface area (Å²) in [7, 11) is 0. The quantitative estimate of drug-likeness (QED) is 0.0707. The van der Waals surface area contributed by atoms with Crippen LogP contribution in [0.1, 0.15) is 87.0 Å². The third kappa shape index (κ3) is 8.51. The maximum absolute atomic E-state index is 15.5. The molecule has 1 N–H and O–H groups in total. The van der Waals surface area contributed by atoms with Crippen molar-refractivity contribution in [2.24, 2.45) is 0 Å². The van der Waals surface area contributed by atoms with Gasteiger partial charge < -0.3 is 14.4 Å². The molecule has 0 saturated carbocycles. The first-order valence-electron chi connectivity index (χ1n) is 18.5. The van der Waals surface area contributed by atoms with Crippen molar-refractivity contribution in [3.8, 4) is 16.9 Å². The zero-order chi connectivity index (χ0) is 37.6. The van der Waals surface area contributed by atoms with Gasteiger partial charge in [0.15, 0.2) is 5.43 Å². The minimum atomic E-state index is -3.21. The smallest absolute Gasteiger partial charge is 0.268 e. The lowest BCUT2D eigenvalue weighted by Gasteiger charge is -2.41. The van der Waals surface area contributed by atoms with Crippen molar-refractivity contribution in [1.29, 1.82) is 0 Å². The molecule has 1 aliphatic carbocycles. The van der Waals surface area contributed by atoms with Gasteiger partial charge in [-0.25, -0.2) is 22.0 Å². The topological polar surface area (TPSA) is 51.5 Å². The second-order valence-electron chi connectivity index (χ2n) is 14.5. The van der Waals surface area contributed by atoms with E-state index in [0.29, 0.717) is 53.6 Å². The van der Waals surface area contributed by atoms with E-state index < -0.39 is 42.6 Å². The molecule has 0 fully saturated rings. The molecule has 2 atom stereocenters. The Balaban J connectivity index is 1.34. The summed E-state index contributed by atoms with van der Waals surface area (Å²) in [6.07, 6.45) is 1.53. The number of ether oxygens (including phenoxy) is 1. The number of halogens is 5. The van der Waals surface area contributed by atoms with Crippen LogP contribution in [0.5, 0.6) is 5.75 Å². The molecule has 0 radical (unpaired) electrons. The van der Waals surface area contributed by atoms with Crippen LogP contribution in [0.15, 0.2) is 102 Å². The molecule has 5 aromatic rings. The highest BCUT2D eigenvalue weighted by Crippen LogP contribution is 2.50. The maximum Gasteiger partial charge on any atom is 0.268 e. The van der Waals surface area contributed by atoms with E-state index in [2.05, 4.69) is 0 Å². The van der Waals surface area contributed by atoms with Gasteiger partial charge in [-0.2, -0.15) is 0 Å². The molecule has 1 aromatic heterocycles. The number of fused-ring (bicyclic) bond motifs is 4. The molecule has 9 heteroatoms. The van der Waals surface area contributed by atoms with Crippen LogP contribution < -0.4 is 10.2 Å². The number of pyridine rings is 1. The van der Waals surface area contributed by atoms with Gasteiger partial charge in [-0.05, 0) is 83.8 Å². The Kier molecular flexibility index (Phi) is 12.0. The molecule has 1 aliphatic rings. The number of hydrogen-bond donors (Lipinski definition) is 1. The molecule has 4 aromatic carbocycles. The molecule has 0 amide bonds. The van der Waals surface area contributed by atoms with Crippen LogP contribution in [0.3, 0.4) is 0 Å². The Morgan fingerprint density at radius 1 is 0.792 bits per heavy atom. The molecule has 0 spiro atoms. The van der Waals surface area contributed by atoms with E-state index in [1.165, 1.54) is 35.0 Å². The first-order chi connectivity index (χ1) is 25.5. The van der Waals surface area contributed by atoms with Gasteiger partial charge in [0, 0.05) is 35.0 Å². The number of nitrogens with zero attached hydrogens (tertiary/aromatic N) is 1. The summed E-state index contributed by atoms with van der Waals surface area (Å²) in [6, 6.07) is 25.9. The first-order valence-corrected chi connectivity index (χ1v) is 18.5. The lowest BCUT2D eigenvalue weighted by atomic mass is 9.67. The van der Waals surface area contributed by atoms with Gasteiger partial charge in [0.1, 0.15) is 17.2 Å². The van der Waals surface area contributed by atoms with Gasteiger partial charge in [-0.15, -0.1) is 0 Å². The van der Waals surface area contributed by atoms with Gasteiger partial charge in [-0.3, -0.25) is 4.79 Å². The standard InChI is InChI=1S/C44H46F5NO3/c1-43(36-18-13-17-33-32-15-9-8-14-30(32)26-35(33)36,28-44(52,42(48)49)29-50-24-23-39(51)34-16-10-11-19-38(34)50)37-27-31(45)21-22-40(37)53-25-12-6-4-2-3-5-7-20-41(46)47/h8-11,13-19,21-24,27,41-42,52H,2-7,12,20,25-26,28-29H2,1H3. The van der Waals surface area contributed by atoms with Crippen molar-refractivity contribution < 1.29 is 31.8 Å². The van der Waals surface area contributed by atoms with E-state index in [9.17, 15) is 18.7 Å². The zero-order valence-electron chi connectivity index (χ0n) is 30.0.